The van der Waals surface area contributed by atoms with Crippen LogP contribution in [0.3, 0.4) is 0 Å². The summed E-state index contributed by atoms with van der Waals surface area (Å²) in [6.45, 7) is 4.23. The normalized spacial score (nSPS) is 15.6. The minimum Gasteiger partial charge on any atom is -0.326 e. The summed E-state index contributed by atoms with van der Waals surface area (Å²) in [5, 5.41) is 4.54. The molecule has 0 spiro atoms. The van der Waals surface area contributed by atoms with Crippen LogP contribution in [-0.2, 0) is 24.8 Å². The molecule has 4 rings (SSSR count). The number of carbonyl (C=O) groups excluding carboxylic acids is 1. The molecule has 2 heterocycles. The lowest BCUT2D eigenvalue weighted by Gasteiger charge is -2.30. The van der Waals surface area contributed by atoms with Gasteiger partial charge in [0.25, 0.3) is 20.0 Å². The molecule has 2 aromatic carbocycles. The lowest BCUT2D eigenvalue weighted by Crippen LogP contribution is -2.41. The molecule has 1 saturated heterocycles. The summed E-state index contributed by atoms with van der Waals surface area (Å²) >= 11 is 1.18. The number of sulfonamides is 2. The van der Waals surface area contributed by atoms with E-state index in [0.29, 0.717) is 28.4 Å². The first-order chi connectivity index (χ1) is 16.6. The smallest absolute Gasteiger partial charge is 0.261 e. The fourth-order valence-corrected chi connectivity index (χ4v) is 7.84. The van der Waals surface area contributed by atoms with Gasteiger partial charge < -0.3 is 5.32 Å². The van der Waals surface area contributed by atoms with E-state index in [2.05, 4.69) is 10.0 Å². The zero-order valence-electron chi connectivity index (χ0n) is 19.4. The van der Waals surface area contributed by atoms with Crippen LogP contribution >= 0.6 is 11.3 Å². The zero-order valence-corrected chi connectivity index (χ0v) is 21.8. The second-order valence-corrected chi connectivity index (χ2v) is 13.3. The maximum absolute atomic E-state index is 12.8. The number of hydrogen-bond acceptors (Lipinski definition) is 6. The van der Waals surface area contributed by atoms with Crippen molar-refractivity contribution in [2.45, 2.75) is 35.8 Å². The number of anilines is 2. The predicted molar refractivity (Wildman–Crippen MR) is 138 cm³/mol. The highest BCUT2D eigenvalue weighted by molar-refractivity contribution is 7.92. The van der Waals surface area contributed by atoms with Gasteiger partial charge in [-0.15, -0.1) is 11.3 Å². The number of nitrogens with one attached hydrogen (secondary N) is 2. The number of carbonyl (C=O) groups is 1. The first-order valence-electron chi connectivity index (χ1n) is 11.1. The summed E-state index contributed by atoms with van der Waals surface area (Å²) in [4.78, 5) is 12.8. The van der Waals surface area contributed by atoms with Gasteiger partial charge in [-0.2, -0.15) is 4.31 Å². The van der Waals surface area contributed by atoms with E-state index in [4.69, 9.17) is 0 Å². The van der Waals surface area contributed by atoms with Crippen molar-refractivity contribution in [3.63, 3.8) is 0 Å². The standard InChI is InChI=1S/C24H27N3O5S3/c1-17-5-3-6-18(2)23(17)26-34(29,30)21-10-8-20(9-11-21)25-24(28)19-12-14-27(15-13-19)35(31,32)22-7-4-16-33-22/h3-11,16,19,26H,12-15H2,1-2H3,(H,25,28). The fourth-order valence-electron chi connectivity index (χ4n) is 4.03. The summed E-state index contributed by atoms with van der Waals surface area (Å²) in [7, 11) is -7.30. The molecule has 8 nitrogen and oxygen atoms in total. The predicted octanol–water partition coefficient (Wildman–Crippen LogP) is 4.21. The van der Waals surface area contributed by atoms with Crippen LogP contribution in [0.5, 0.6) is 0 Å². The first-order valence-corrected chi connectivity index (χ1v) is 14.9. The maximum Gasteiger partial charge on any atom is 0.261 e. The average molecular weight is 534 g/mol. The van der Waals surface area contributed by atoms with Gasteiger partial charge in [0, 0.05) is 24.7 Å². The van der Waals surface area contributed by atoms with Gasteiger partial charge in [-0.25, -0.2) is 16.8 Å². The van der Waals surface area contributed by atoms with Gasteiger partial charge in [-0.3, -0.25) is 9.52 Å². The van der Waals surface area contributed by atoms with E-state index in [0.717, 1.165) is 11.1 Å². The third-order valence-corrected chi connectivity index (χ3v) is 10.7. The van der Waals surface area contributed by atoms with Crippen molar-refractivity contribution < 1.29 is 21.6 Å². The number of rotatable bonds is 7. The molecule has 0 atom stereocenters. The van der Waals surface area contributed by atoms with E-state index in [1.807, 2.05) is 32.0 Å². The molecule has 186 valence electrons. The lowest BCUT2D eigenvalue weighted by molar-refractivity contribution is -0.120. The van der Waals surface area contributed by atoms with Gasteiger partial charge in [-0.1, -0.05) is 24.3 Å². The SMILES string of the molecule is Cc1cccc(C)c1NS(=O)(=O)c1ccc(NC(=O)C2CCN(S(=O)(=O)c3cccs3)CC2)cc1. The van der Waals surface area contributed by atoms with Crippen LogP contribution in [-0.4, -0.2) is 40.1 Å². The van der Waals surface area contributed by atoms with Gasteiger partial charge >= 0.3 is 0 Å². The largest absolute Gasteiger partial charge is 0.326 e. The quantitative estimate of drug-likeness (QED) is 0.473. The van der Waals surface area contributed by atoms with Gasteiger partial charge in [0.1, 0.15) is 4.21 Å². The number of aryl methyl sites for hydroxylation is 2. The zero-order chi connectivity index (χ0) is 25.2. The third kappa shape index (κ3) is 5.58. The van der Waals surface area contributed by atoms with Crippen LogP contribution in [0.15, 0.2) is 69.1 Å². The van der Waals surface area contributed by atoms with Crippen molar-refractivity contribution in [1.82, 2.24) is 4.31 Å². The number of piperidine rings is 1. The van der Waals surface area contributed by atoms with Gasteiger partial charge in [-0.05, 0) is 73.5 Å². The summed E-state index contributed by atoms with van der Waals surface area (Å²) in [6, 6.07) is 14.8. The van der Waals surface area contributed by atoms with Crippen LogP contribution in [0.25, 0.3) is 0 Å². The number of thiophene rings is 1. The van der Waals surface area contributed by atoms with Crippen LogP contribution < -0.4 is 10.0 Å². The molecular weight excluding hydrogens is 506 g/mol. The first kappa shape index (κ1) is 25.4. The number of nitrogens with zero attached hydrogens (tertiary/aromatic N) is 1. The molecule has 11 heteroatoms. The van der Waals surface area contributed by atoms with Crippen molar-refractivity contribution in [3.05, 3.63) is 71.1 Å². The summed E-state index contributed by atoms with van der Waals surface area (Å²) in [6.07, 6.45) is 0.838. The van der Waals surface area contributed by atoms with E-state index in [1.54, 1.807) is 29.6 Å². The Bertz CT molecular complexity index is 1390. The van der Waals surface area contributed by atoms with E-state index in [1.165, 1.54) is 27.8 Å². The third-order valence-electron chi connectivity index (χ3n) is 6.06. The van der Waals surface area contributed by atoms with E-state index < -0.39 is 20.0 Å². The van der Waals surface area contributed by atoms with Crippen molar-refractivity contribution in [2.24, 2.45) is 5.92 Å². The molecule has 0 bridgehead atoms. The second kappa shape index (κ2) is 10.1. The van der Waals surface area contributed by atoms with Gasteiger partial charge in [0.05, 0.1) is 10.6 Å². The topological polar surface area (TPSA) is 113 Å². The molecule has 0 aliphatic carbocycles. The van der Waals surface area contributed by atoms with Crippen LogP contribution in [0.1, 0.15) is 24.0 Å². The molecule has 35 heavy (non-hydrogen) atoms. The van der Waals surface area contributed by atoms with Crippen LogP contribution in [0.4, 0.5) is 11.4 Å². The van der Waals surface area contributed by atoms with E-state index >= 15 is 0 Å². The Kier molecular flexibility index (Phi) is 7.32. The molecule has 1 aliphatic rings. The van der Waals surface area contributed by atoms with Crippen molar-refractivity contribution in [3.8, 4) is 0 Å². The molecule has 1 aliphatic heterocycles. The highest BCUT2D eigenvalue weighted by Crippen LogP contribution is 2.28. The number of benzene rings is 2. The molecule has 1 fully saturated rings. The monoisotopic (exact) mass is 533 g/mol. The summed E-state index contributed by atoms with van der Waals surface area (Å²) < 4.78 is 55.4. The molecule has 0 radical (unpaired) electrons. The molecule has 0 unspecified atom stereocenters. The highest BCUT2D eigenvalue weighted by atomic mass is 32.2. The van der Waals surface area contributed by atoms with Crippen molar-refractivity contribution >= 4 is 48.7 Å². The van der Waals surface area contributed by atoms with E-state index in [-0.39, 0.29) is 29.8 Å². The molecule has 1 amide bonds. The average Bonchev–Trinajstić information content (AvgIpc) is 3.38. The molecule has 1 aromatic heterocycles. The Balaban J connectivity index is 1.36. The van der Waals surface area contributed by atoms with Gasteiger partial charge in [0.2, 0.25) is 5.91 Å². The van der Waals surface area contributed by atoms with Crippen molar-refractivity contribution in [2.75, 3.05) is 23.1 Å². The summed E-state index contributed by atoms with van der Waals surface area (Å²) in [5.41, 5.74) is 2.69. The number of amides is 1. The molecule has 0 saturated carbocycles. The Hall–Kier alpha value is -2.73. The molecule has 2 N–H and O–H groups in total. The fraction of sp³-hybridized carbons (Fsp3) is 0.292. The lowest BCUT2D eigenvalue weighted by atomic mass is 9.97. The molecule has 3 aromatic rings. The number of para-hydroxylation sites is 1. The van der Waals surface area contributed by atoms with E-state index in [9.17, 15) is 21.6 Å². The second-order valence-electron chi connectivity index (χ2n) is 8.50. The Labute approximate surface area is 210 Å². The number of hydrogen-bond donors (Lipinski definition) is 2. The van der Waals surface area contributed by atoms with Crippen LogP contribution in [0, 0.1) is 19.8 Å². The molecular formula is C24H27N3O5S3. The minimum absolute atomic E-state index is 0.0882. The summed E-state index contributed by atoms with van der Waals surface area (Å²) in [5.74, 6) is -0.527. The minimum atomic E-state index is -3.79. The maximum atomic E-state index is 12.8. The highest BCUT2D eigenvalue weighted by Gasteiger charge is 2.32. The van der Waals surface area contributed by atoms with Crippen molar-refractivity contribution in [1.29, 1.82) is 0 Å². The Morgan fingerprint density at radius 2 is 1.54 bits per heavy atom. The van der Waals surface area contributed by atoms with Crippen LogP contribution in [0.2, 0.25) is 0 Å². The Morgan fingerprint density at radius 3 is 2.11 bits per heavy atom. The van der Waals surface area contributed by atoms with Gasteiger partial charge in [0.15, 0.2) is 0 Å². The Morgan fingerprint density at radius 1 is 0.914 bits per heavy atom.